The zero-order chi connectivity index (χ0) is 11.5. The Morgan fingerprint density at radius 3 is 2.88 bits per heavy atom. The summed E-state index contributed by atoms with van der Waals surface area (Å²) in [6.45, 7) is 3.53. The number of ether oxygens (including phenoxy) is 1. The first-order chi connectivity index (χ1) is 7.65. The maximum Gasteiger partial charge on any atom is 0.317 e. The summed E-state index contributed by atoms with van der Waals surface area (Å²) in [5.41, 5.74) is 0. The number of nitrogens with zero attached hydrogens (tertiary/aromatic N) is 2. The third kappa shape index (κ3) is 3.43. The Morgan fingerprint density at radius 1 is 1.56 bits per heavy atom. The van der Waals surface area contributed by atoms with E-state index in [1.54, 1.807) is 0 Å². The molecule has 2 fully saturated rings. The maximum absolute atomic E-state index is 10.8. The molecular weight excluding hydrogens is 208 g/mol. The molecule has 0 spiro atoms. The van der Waals surface area contributed by atoms with E-state index in [1.807, 2.05) is 4.90 Å². The van der Waals surface area contributed by atoms with Crippen molar-refractivity contribution in [2.75, 3.05) is 39.8 Å². The summed E-state index contributed by atoms with van der Waals surface area (Å²) in [7, 11) is 2.08. The van der Waals surface area contributed by atoms with Crippen LogP contribution in [0.1, 0.15) is 12.8 Å². The summed E-state index contributed by atoms with van der Waals surface area (Å²) in [5.74, 6) is -0.740. The highest BCUT2D eigenvalue weighted by molar-refractivity contribution is 5.69. The monoisotopic (exact) mass is 228 g/mol. The minimum absolute atomic E-state index is 0.147. The summed E-state index contributed by atoms with van der Waals surface area (Å²) >= 11 is 0. The average molecular weight is 228 g/mol. The molecule has 16 heavy (non-hydrogen) atoms. The molecule has 1 aliphatic heterocycles. The molecule has 92 valence electrons. The Balaban J connectivity index is 1.82. The summed E-state index contributed by atoms with van der Waals surface area (Å²) in [6, 6.07) is 0.479. The van der Waals surface area contributed by atoms with E-state index >= 15 is 0 Å². The number of carboxylic acids is 1. The van der Waals surface area contributed by atoms with E-state index in [4.69, 9.17) is 9.84 Å². The van der Waals surface area contributed by atoms with Gasteiger partial charge in [0.15, 0.2) is 0 Å². The molecule has 2 aliphatic rings. The predicted octanol–water partition coefficient (Wildman–Crippen LogP) is -0.134. The van der Waals surface area contributed by atoms with Crippen LogP contribution in [0, 0.1) is 0 Å². The molecule has 1 heterocycles. The molecule has 2 rings (SSSR count). The van der Waals surface area contributed by atoms with Gasteiger partial charge in [-0.2, -0.15) is 0 Å². The first-order valence-electron chi connectivity index (χ1n) is 5.91. The quantitative estimate of drug-likeness (QED) is 0.710. The van der Waals surface area contributed by atoms with Crippen LogP contribution in [0.15, 0.2) is 0 Å². The van der Waals surface area contributed by atoms with Gasteiger partial charge in [-0.15, -0.1) is 0 Å². The molecule has 1 atom stereocenters. The van der Waals surface area contributed by atoms with E-state index < -0.39 is 5.97 Å². The number of likely N-dealkylation sites (N-methyl/N-ethyl adjacent to an activating group) is 1. The fourth-order valence-electron chi connectivity index (χ4n) is 2.19. The van der Waals surface area contributed by atoms with Crippen molar-refractivity contribution in [1.29, 1.82) is 0 Å². The lowest BCUT2D eigenvalue weighted by Gasteiger charge is -2.33. The number of hydrogen-bond donors (Lipinski definition) is 1. The zero-order valence-corrected chi connectivity index (χ0v) is 9.76. The van der Waals surface area contributed by atoms with E-state index in [1.165, 1.54) is 0 Å². The first kappa shape index (κ1) is 11.8. The standard InChI is InChI=1S/C11H20N2O3/c1-12-4-5-16-10(6-12)7-13(8-11(14)15)9-2-3-9/h9-10H,2-8H2,1H3,(H,14,15). The van der Waals surface area contributed by atoms with Crippen LogP contribution in [0.4, 0.5) is 0 Å². The van der Waals surface area contributed by atoms with Crippen LogP contribution in [0.5, 0.6) is 0 Å². The molecule has 5 heteroatoms. The van der Waals surface area contributed by atoms with Crippen LogP contribution in [-0.2, 0) is 9.53 Å². The Hall–Kier alpha value is -0.650. The van der Waals surface area contributed by atoms with Crippen molar-refractivity contribution in [1.82, 2.24) is 9.80 Å². The molecule has 1 aliphatic carbocycles. The SMILES string of the molecule is CN1CCOC(CN(CC(=O)O)C2CC2)C1. The first-order valence-corrected chi connectivity index (χ1v) is 5.91. The van der Waals surface area contributed by atoms with Gasteiger partial charge >= 0.3 is 5.97 Å². The van der Waals surface area contributed by atoms with Crippen LogP contribution < -0.4 is 0 Å². The number of aliphatic carboxylic acids is 1. The Labute approximate surface area is 96.0 Å². The van der Waals surface area contributed by atoms with Gasteiger partial charge in [0.2, 0.25) is 0 Å². The highest BCUT2D eigenvalue weighted by Gasteiger charge is 2.32. The highest BCUT2D eigenvalue weighted by atomic mass is 16.5. The van der Waals surface area contributed by atoms with E-state index in [-0.39, 0.29) is 12.6 Å². The van der Waals surface area contributed by atoms with Crippen LogP contribution in [0.2, 0.25) is 0 Å². The zero-order valence-electron chi connectivity index (χ0n) is 9.76. The van der Waals surface area contributed by atoms with Crippen molar-refractivity contribution >= 4 is 5.97 Å². The van der Waals surface area contributed by atoms with Gasteiger partial charge in [0, 0.05) is 25.7 Å². The Morgan fingerprint density at radius 2 is 2.31 bits per heavy atom. The summed E-state index contributed by atoms with van der Waals surface area (Å²) < 4.78 is 5.66. The van der Waals surface area contributed by atoms with Gasteiger partial charge in [0.05, 0.1) is 19.3 Å². The van der Waals surface area contributed by atoms with E-state index in [0.717, 1.165) is 39.1 Å². The van der Waals surface area contributed by atoms with Crippen LogP contribution in [-0.4, -0.2) is 72.9 Å². The lowest BCUT2D eigenvalue weighted by molar-refractivity contribution is -0.139. The van der Waals surface area contributed by atoms with Crippen LogP contribution in [0.3, 0.4) is 0 Å². The van der Waals surface area contributed by atoms with Gasteiger partial charge in [0.25, 0.3) is 0 Å². The number of hydrogen-bond acceptors (Lipinski definition) is 4. The van der Waals surface area contributed by atoms with Crippen molar-refractivity contribution in [2.45, 2.75) is 25.0 Å². The molecule has 0 aromatic rings. The number of rotatable bonds is 5. The topological polar surface area (TPSA) is 53.0 Å². The van der Waals surface area contributed by atoms with E-state index in [2.05, 4.69) is 11.9 Å². The predicted molar refractivity (Wildman–Crippen MR) is 59.5 cm³/mol. The molecule has 1 saturated carbocycles. The fraction of sp³-hybridized carbons (Fsp3) is 0.909. The summed E-state index contributed by atoms with van der Waals surface area (Å²) in [6.07, 6.45) is 2.43. The number of carboxylic acid groups (broad SMARTS) is 1. The van der Waals surface area contributed by atoms with E-state index in [0.29, 0.717) is 6.04 Å². The Kier molecular flexibility index (Phi) is 3.78. The van der Waals surface area contributed by atoms with Gasteiger partial charge < -0.3 is 14.7 Å². The second kappa shape index (κ2) is 5.12. The molecule has 0 aromatic heterocycles. The third-order valence-corrected chi connectivity index (χ3v) is 3.18. The smallest absolute Gasteiger partial charge is 0.317 e. The van der Waals surface area contributed by atoms with Crippen molar-refractivity contribution in [3.63, 3.8) is 0 Å². The fourth-order valence-corrected chi connectivity index (χ4v) is 2.19. The molecule has 1 N–H and O–H groups in total. The maximum atomic E-state index is 10.8. The highest BCUT2D eigenvalue weighted by Crippen LogP contribution is 2.27. The van der Waals surface area contributed by atoms with Crippen molar-refractivity contribution < 1.29 is 14.6 Å². The minimum atomic E-state index is -0.740. The van der Waals surface area contributed by atoms with Gasteiger partial charge in [-0.25, -0.2) is 0 Å². The van der Waals surface area contributed by atoms with Gasteiger partial charge in [-0.3, -0.25) is 9.69 Å². The molecule has 0 radical (unpaired) electrons. The molecule has 0 aromatic carbocycles. The molecule has 0 amide bonds. The average Bonchev–Trinajstić information content (AvgIpc) is 2.99. The van der Waals surface area contributed by atoms with Gasteiger partial charge in [0.1, 0.15) is 0 Å². The molecular formula is C11H20N2O3. The molecule has 1 saturated heterocycles. The van der Waals surface area contributed by atoms with E-state index in [9.17, 15) is 4.79 Å². The third-order valence-electron chi connectivity index (χ3n) is 3.18. The van der Waals surface area contributed by atoms with Crippen molar-refractivity contribution in [3.05, 3.63) is 0 Å². The molecule has 1 unspecified atom stereocenters. The van der Waals surface area contributed by atoms with Crippen molar-refractivity contribution in [3.8, 4) is 0 Å². The van der Waals surface area contributed by atoms with Crippen LogP contribution in [0.25, 0.3) is 0 Å². The number of carbonyl (C=O) groups is 1. The van der Waals surface area contributed by atoms with Gasteiger partial charge in [-0.05, 0) is 19.9 Å². The lowest BCUT2D eigenvalue weighted by atomic mass is 10.2. The summed E-state index contributed by atoms with van der Waals surface area (Å²) in [4.78, 5) is 15.0. The lowest BCUT2D eigenvalue weighted by Crippen LogP contribution is -2.47. The second-order valence-electron chi connectivity index (χ2n) is 4.81. The number of morpholine rings is 1. The van der Waals surface area contributed by atoms with Crippen LogP contribution >= 0.6 is 0 Å². The molecule has 0 bridgehead atoms. The van der Waals surface area contributed by atoms with Crippen molar-refractivity contribution in [2.24, 2.45) is 0 Å². The molecule has 5 nitrogen and oxygen atoms in total. The Bertz CT molecular complexity index is 256. The largest absolute Gasteiger partial charge is 0.480 e. The minimum Gasteiger partial charge on any atom is -0.480 e. The normalized spacial score (nSPS) is 27.2. The second-order valence-corrected chi connectivity index (χ2v) is 4.81. The van der Waals surface area contributed by atoms with Gasteiger partial charge in [-0.1, -0.05) is 0 Å². The summed E-state index contributed by atoms with van der Waals surface area (Å²) in [5, 5.41) is 8.85.